The maximum atomic E-state index is 14.2. The first-order chi connectivity index (χ1) is 16.9. The third-order valence-corrected chi connectivity index (χ3v) is 7.86. The van der Waals surface area contributed by atoms with Crippen molar-refractivity contribution < 1.29 is 14.5 Å². The molecule has 2 saturated heterocycles. The number of halogens is 1. The van der Waals surface area contributed by atoms with Crippen LogP contribution in [0.3, 0.4) is 0 Å². The van der Waals surface area contributed by atoms with Crippen LogP contribution in [0.1, 0.15) is 40.4 Å². The van der Waals surface area contributed by atoms with Gasteiger partial charge in [0.15, 0.2) is 5.78 Å². The number of hydrogen-bond donors (Lipinski definition) is 1. The van der Waals surface area contributed by atoms with E-state index >= 15 is 0 Å². The number of hydrogen-bond acceptors (Lipinski definition) is 6. The van der Waals surface area contributed by atoms with Crippen LogP contribution in [0.4, 0.5) is 11.4 Å². The van der Waals surface area contributed by atoms with Gasteiger partial charge in [-0.2, -0.15) is 0 Å². The normalized spacial score (nSPS) is 27.0. The molecule has 9 heteroatoms. The standard InChI is InChI=1S/C26H21ClN4O4/c27-16-9-10-19-18(14-16)26(25(33)29-19)23(24(32)20-7-1-2-11-28-20)22(21-8-4-12-30(21)26)15-5-3-6-17(13-15)31(34)35/h1-3,5-7,9-11,13-14,21-23H,4,8,12H2,(H,29,33)/t21?,22?,23?,26-/m1/s1. The Bertz CT molecular complexity index is 1380. The molecular formula is C26H21ClN4O4. The molecule has 1 N–H and O–H groups in total. The van der Waals surface area contributed by atoms with Gasteiger partial charge in [0.25, 0.3) is 5.69 Å². The molecule has 8 nitrogen and oxygen atoms in total. The third kappa shape index (κ3) is 3.06. The first-order valence-electron chi connectivity index (χ1n) is 11.5. The minimum atomic E-state index is -1.29. The quantitative estimate of drug-likeness (QED) is 0.328. The minimum absolute atomic E-state index is 0.0450. The summed E-state index contributed by atoms with van der Waals surface area (Å²) in [5.74, 6) is -1.82. The Kier molecular flexibility index (Phi) is 4.98. The van der Waals surface area contributed by atoms with Gasteiger partial charge >= 0.3 is 0 Å². The summed E-state index contributed by atoms with van der Waals surface area (Å²) in [7, 11) is 0. The summed E-state index contributed by atoms with van der Waals surface area (Å²) in [4.78, 5) is 45.7. The number of Topliss-reactive ketones (excluding diaryl/α,β-unsaturated/α-hetero) is 1. The van der Waals surface area contributed by atoms with E-state index in [0.29, 0.717) is 28.4 Å². The first-order valence-corrected chi connectivity index (χ1v) is 11.9. The minimum Gasteiger partial charge on any atom is -0.324 e. The Morgan fingerprint density at radius 3 is 2.80 bits per heavy atom. The van der Waals surface area contributed by atoms with Gasteiger partial charge in [0.2, 0.25) is 5.91 Å². The van der Waals surface area contributed by atoms with E-state index in [0.717, 1.165) is 12.8 Å². The van der Waals surface area contributed by atoms with Crippen LogP contribution in [0.2, 0.25) is 5.02 Å². The highest BCUT2D eigenvalue weighted by molar-refractivity contribution is 6.31. The molecule has 6 rings (SSSR count). The maximum absolute atomic E-state index is 14.2. The van der Waals surface area contributed by atoms with E-state index in [1.807, 2.05) is 6.07 Å². The zero-order valence-electron chi connectivity index (χ0n) is 18.6. The number of ketones is 1. The Morgan fingerprint density at radius 2 is 2.03 bits per heavy atom. The van der Waals surface area contributed by atoms with Crippen molar-refractivity contribution in [3.63, 3.8) is 0 Å². The molecule has 2 aromatic carbocycles. The lowest BCUT2D eigenvalue weighted by Gasteiger charge is -2.36. The van der Waals surface area contributed by atoms with E-state index in [4.69, 9.17) is 11.6 Å². The SMILES string of the molecule is O=C(c1ccccn1)C1C(c2cccc([N+](=O)[O-])c2)C2CCCN2[C@@]12C(=O)Nc1ccc(Cl)cc12. The summed E-state index contributed by atoms with van der Waals surface area (Å²) in [5.41, 5.74) is 0.900. The molecule has 0 bridgehead atoms. The fraction of sp³-hybridized carbons (Fsp3) is 0.269. The molecule has 3 aliphatic rings. The second kappa shape index (κ2) is 7.96. The number of rotatable bonds is 4. The van der Waals surface area contributed by atoms with Crippen LogP contribution < -0.4 is 5.32 Å². The van der Waals surface area contributed by atoms with E-state index in [-0.39, 0.29) is 29.1 Å². The number of anilines is 1. The summed E-state index contributed by atoms with van der Waals surface area (Å²) >= 11 is 6.40. The van der Waals surface area contributed by atoms with Crippen LogP contribution in [0.15, 0.2) is 66.9 Å². The van der Waals surface area contributed by atoms with Crippen LogP contribution in [0.25, 0.3) is 0 Å². The molecule has 3 unspecified atom stereocenters. The Hall–Kier alpha value is -3.62. The maximum Gasteiger partial charge on any atom is 0.269 e. The molecule has 1 aromatic heterocycles. The molecule has 0 saturated carbocycles. The van der Waals surface area contributed by atoms with Crippen molar-refractivity contribution in [3.05, 3.63) is 98.8 Å². The first kappa shape index (κ1) is 21.9. The fourth-order valence-corrected chi connectivity index (χ4v) is 6.59. The monoisotopic (exact) mass is 488 g/mol. The molecule has 4 heterocycles. The Labute approximate surface area is 206 Å². The molecule has 0 aliphatic carbocycles. The number of benzene rings is 2. The van der Waals surface area contributed by atoms with Crippen LogP contribution in [-0.2, 0) is 10.3 Å². The van der Waals surface area contributed by atoms with E-state index in [1.165, 1.54) is 12.1 Å². The summed E-state index contributed by atoms with van der Waals surface area (Å²) in [5, 5.41) is 15.0. The second-order valence-corrected chi connectivity index (χ2v) is 9.68. The molecular weight excluding hydrogens is 468 g/mol. The van der Waals surface area contributed by atoms with Gasteiger partial charge in [-0.1, -0.05) is 29.8 Å². The summed E-state index contributed by atoms with van der Waals surface area (Å²) < 4.78 is 0. The average molecular weight is 489 g/mol. The predicted molar refractivity (Wildman–Crippen MR) is 129 cm³/mol. The van der Waals surface area contributed by atoms with Gasteiger partial charge < -0.3 is 5.32 Å². The fourth-order valence-electron chi connectivity index (χ4n) is 6.42. The number of amides is 1. The molecule has 2 fully saturated rings. The van der Waals surface area contributed by atoms with E-state index in [1.54, 1.807) is 48.7 Å². The van der Waals surface area contributed by atoms with Crippen molar-refractivity contribution in [1.82, 2.24) is 9.88 Å². The highest BCUT2D eigenvalue weighted by Crippen LogP contribution is 2.61. The number of nitrogens with zero attached hydrogens (tertiary/aromatic N) is 3. The number of non-ortho nitro benzene ring substituents is 1. The number of pyridine rings is 1. The molecule has 3 aliphatic heterocycles. The van der Waals surface area contributed by atoms with Crippen molar-refractivity contribution in [2.24, 2.45) is 5.92 Å². The van der Waals surface area contributed by atoms with E-state index in [9.17, 15) is 19.7 Å². The molecule has 35 heavy (non-hydrogen) atoms. The zero-order valence-corrected chi connectivity index (χ0v) is 19.3. The van der Waals surface area contributed by atoms with Gasteiger partial charge in [-0.05, 0) is 55.3 Å². The lowest BCUT2D eigenvalue weighted by atomic mass is 9.69. The number of carbonyl (C=O) groups excluding carboxylic acids is 2. The van der Waals surface area contributed by atoms with Crippen LogP contribution >= 0.6 is 11.6 Å². The number of fused-ring (bicyclic) bond motifs is 4. The van der Waals surface area contributed by atoms with Gasteiger partial charge in [0, 0.05) is 46.6 Å². The molecule has 176 valence electrons. The highest BCUT2D eigenvalue weighted by atomic mass is 35.5. The Balaban J connectivity index is 1.63. The lowest BCUT2D eigenvalue weighted by Crippen LogP contribution is -2.53. The summed E-state index contributed by atoms with van der Waals surface area (Å²) in [6.45, 7) is 0.626. The third-order valence-electron chi connectivity index (χ3n) is 7.63. The smallest absolute Gasteiger partial charge is 0.269 e. The van der Waals surface area contributed by atoms with Gasteiger partial charge in [0.05, 0.1) is 10.8 Å². The van der Waals surface area contributed by atoms with Crippen molar-refractivity contribution in [2.45, 2.75) is 30.3 Å². The number of carbonyl (C=O) groups is 2. The van der Waals surface area contributed by atoms with Crippen molar-refractivity contribution in [1.29, 1.82) is 0 Å². The lowest BCUT2D eigenvalue weighted by molar-refractivity contribution is -0.384. The number of nitro groups is 1. The van der Waals surface area contributed by atoms with Gasteiger partial charge in [-0.3, -0.25) is 29.6 Å². The van der Waals surface area contributed by atoms with Crippen molar-refractivity contribution >= 4 is 34.7 Å². The second-order valence-electron chi connectivity index (χ2n) is 9.25. The van der Waals surface area contributed by atoms with Gasteiger partial charge in [-0.25, -0.2) is 0 Å². The van der Waals surface area contributed by atoms with E-state index < -0.39 is 22.3 Å². The Morgan fingerprint density at radius 1 is 1.17 bits per heavy atom. The van der Waals surface area contributed by atoms with Crippen molar-refractivity contribution in [2.75, 3.05) is 11.9 Å². The van der Waals surface area contributed by atoms with Crippen molar-refractivity contribution in [3.8, 4) is 0 Å². The number of aromatic nitrogens is 1. The van der Waals surface area contributed by atoms with Crippen LogP contribution in [0.5, 0.6) is 0 Å². The van der Waals surface area contributed by atoms with Crippen LogP contribution in [-0.4, -0.2) is 39.1 Å². The topological polar surface area (TPSA) is 105 Å². The summed E-state index contributed by atoms with van der Waals surface area (Å²) in [6, 6.07) is 16.6. The van der Waals surface area contributed by atoms with E-state index in [2.05, 4.69) is 15.2 Å². The molecule has 1 spiro atoms. The largest absolute Gasteiger partial charge is 0.324 e. The highest BCUT2D eigenvalue weighted by Gasteiger charge is 2.69. The molecule has 1 amide bonds. The average Bonchev–Trinajstić information content (AvgIpc) is 3.52. The summed E-state index contributed by atoms with van der Waals surface area (Å²) in [6.07, 6.45) is 3.17. The predicted octanol–water partition coefficient (Wildman–Crippen LogP) is 4.55. The zero-order chi connectivity index (χ0) is 24.3. The molecule has 0 radical (unpaired) electrons. The van der Waals surface area contributed by atoms with Crippen LogP contribution in [0, 0.1) is 16.0 Å². The molecule has 4 atom stereocenters. The van der Waals surface area contributed by atoms with Gasteiger partial charge in [0.1, 0.15) is 11.2 Å². The van der Waals surface area contributed by atoms with Gasteiger partial charge in [-0.15, -0.1) is 0 Å². The molecule has 3 aromatic rings. The number of nitrogens with one attached hydrogen (secondary N) is 1. The number of nitro benzene ring substituents is 1.